The van der Waals surface area contributed by atoms with Crippen LogP contribution in [0.4, 0.5) is 0 Å². The van der Waals surface area contributed by atoms with E-state index in [1.54, 1.807) is 7.05 Å². The van der Waals surface area contributed by atoms with E-state index in [0.717, 1.165) is 0 Å². The number of hydrogen-bond donors (Lipinski definition) is 0. The van der Waals surface area contributed by atoms with E-state index < -0.39 is 0 Å². The molecule has 0 aliphatic rings. The summed E-state index contributed by atoms with van der Waals surface area (Å²) in [7, 11) is 1.72. The molecule has 0 heterocycles. The Kier molecular flexibility index (Phi) is 4.28. The van der Waals surface area contributed by atoms with Crippen molar-refractivity contribution in [3.8, 4) is 0 Å². The van der Waals surface area contributed by atoms with E-state index in [1.807, 2.05) is 0 Å². The van der Waals surface area contributed by atoms with Gasteiger partial charge in [-0.05, 0) is 12.8 Å². The molecule has 0 aromatic carbocycles. The minimum atomic E-state index is 0.389. The first-order valence-electron chi connectivity index (χ1n) is 3.51. The van der Waals surface area contributed by atoms with Crippen molar-refractivity contribution in [1.29, 1.82) is 0 Å². The van der Waals surface area contributed by atoms with Crippen LogP contribution in [-0.2, 0) is 0 Å². The molecule has 2 unspecified atom stereocenters. The molecule has 0 amide bonds. The lowest BCUT2D eigenvalue weighted by Crippen LogP contribution is -2.09. The minimum Gasteiger partial charge on any atom is -0.197 e. The Labute approximate surface area is 57.4 Å². The van der Waals surface area contributed by atoms with Crippen molar-refractivity contribution in [2.45, 2.75) is 33.2 Å². The minimum absolute atomic E-state index is 0.389. The van der Waals surface area contributed by atoms with Crippen LogP contribution >= 0.6 is 0 Å². The van der Waals surface area contributed by atoms with Crippen LogP contribution in [0.1, 0.15) is 27.2 Å². The molecule has 0 aromatic rings. The lowest BCUT2D eigenvalue weighted by molar-refractivity contribution is 0.457. The van der Waals surface area contributed by atoms with Crippen LogP contribution in [0.2, 0.25) is 0 Å². The number of hydrogen-bond acceptors (Lipinski definition) is 2. The molecule has 0 aromatic heterocycles. The second-order valence-corrected chi connectivity index (χ2v) is 2.44. The van der Waals surface area contributed by atoms with Crippen molar-refractivity contribution < 1.29 is 0 Å². The Bertz CT molecular complexity index is 88.9. The molecule has 2 atom stereocenters. The third-order valence-electron chi connectivity index (χ3n) is 1.77. The van der Waals surface area contributed by atoms with Gasteiger partial charge in [0, 0.05) is 7.05 Å². The van der Waals surface area contributed by atoms with Crippen molar-refractivity contribution in [2.75, 3.05) is 7.05 Å². The molecule has 0 aliphatic carbocycles. The SMILES string of the molecule is CCC(C)C(C)N=NC. The first-order valence-corrected chi connectivity index (χ1v) is 3.51. The molecule has 0 radical (unpaired) electrons. The van der Waals surface area contributed by atoms with E-state index in [0.29, 0.717) is 12.0 Å². The number of rotatable bonds is 3. The summed E-state index contributed by atoms with van der Waals surface area (Å²) in [4.78, 5) is 0. The van der Waals surface area contributed by atoms with Gasteiger partial charge in [-0.25, -0.2) is 0 Å². The first kappa shape index (κ1) is 8.60. The van der Waals surface area contributed by atoms with Crippen LogP contribution in [0.3, 0.4) is 0 Å². The molecule has 0 fully saturated rings. The van der Waals surface area contributed by atoms with E-state index >= 15 is 0 Å². The zero-order valence-electron chi connectivity index (χ0n) is 6.76. The number of nitrogens with zero attached hydrogens (tertiary/aromatic N) is 2. The highest BCUT2D eigenvalue weighted by Gasteiger charge is 2.06. The fourth-order valence-electron chi connectivity index (χ4n) is 0.637. The quantitative estimate of drug-likeness (QED) is 0.522. The summed E-state index contributed by atoms with van der Waals surface area (Å²) < 4.78 is 0. The summed E-state index contributed by atoms with van der Waals surface area (Å²) in [5.74, 6) is 0.661. The molecule has 2 heteroatoms. The average Bonchev–Trinajstić information content (AvgIpc) is 1.87. The van der Waals surface area contributed by atoms with Crippen molar-refractivity contribution in [1.82, 2.24) is 0 Å². The molecule has 0 saturated carbocycles. The fourth-order valence-corrected chi connectivity index (χ4v) is 0.637. The van der Waals surface area contributed by atoms with Gasteiger partial charge in [0.05, 0.1) is 6.04 Å². The molecule has 0 rings (SSSR count). The Hall–Kier alpha value is -0.400. The maximum atomic E-state index is 4.02. The fraction of sp³-hybridized carbons (Fsp3) is 1.00. The van der Waals surface area contributed by atoms with Gasteiger partial charge < -0.3 is 0 Å². The highest BCUT2D eigenvalue weighted by atomic mass is 15.1. The topological polar surface area (TPSA) is 24.7 Å². The molecule has 0 saturated heterocycles. The predicted molar refractivity (Wildman–Crippen MR) is 39.7 cm³/mol. The first-order chi connectivity index (χ1) is 4.22. The summed E-state index contributed by atoms with van der Waals surface area (Å²) in [6.45, 7) is 6.47. The van der Waals surface area contributed by atoms with Crippen molar-refractivity contribution in [3.63, 3.8) is 0 Å². The van der Waals surface area contributed by atoms with E-state index in [4.69, 9.17) is 0 Å². The van der Waals surface area contributed by atoms with E-state index in [2.05, 4.69) is 31.0 Å². The third-order valence-corrected chi connectivity index (χ3v) is 1.77. The summed E-state index contributed by atoms with van der Waals surface area (Å²) in [5.41, 5.74) is 0. The Morgan fingerprint density at radius 2 is 1.89 bits per heavy atom. The van der Waals surface area contributed by atoms with Crippen molar-refractivity contribution in [3.05, 3.63) is 0 Å². The Balaban J connectivity index is 3.58. The predicted octanol–water partition coefficient (Wildman–Crippen LogP) is 2.50. The second kappa shape index (κ2) is 4.48. The molecule has 54 valence electrons. The smallest absolute Gasteiger partial charge is 0.0705 e. The lowest BCUT2D eigenvalue weighted by Gasteiger charge is -2.10. The standard InChI is InChI=1S/C7H16N2/c1-5-6(2)7(3)9-8-4/h6-7H,5H2,1-4H3. The zero-order valence-corrected chi connectivity index (χ0v) is 6.76. The summed E-state index contributed by atoms with van der Waals surface area (Å²) >= 11 is 0. The molecular formula is C7H16N2. The van der Waals surface area contributed by atoms with Gasteiger partial charge in [-0.1, -0.05) is 20.3 Å². The van der Waals surface area contributed by atoms with Gasteiger partial charge in [-0.3, -0.25) is 0 Å². The highest BCUT2D eigenvalue weighted by Crippen LogP contribution is 2.09. The lowest BCUT2D eigenvalue weighted by atomic mass is 10.0. The molecule has 2 nitrogen and oxygen atoms in total. The molecule has 0 spiro atoms. The molecule has 0 bridgehead atoms. The second-order valence-electron chi connectivity index (χ2n) is 2.44. The monoisotopic (exact) mass is 128 g/mol. The van der Waals surface area contributed by atoms with E-state index in [1.165, 1.54) is 6.42 Å². The third kappa shape index (κ3) is 3.22. The van der Waals surface area contributed by atoms with Gasteiger partial charge in [0.15, 0.2) is 0 Å². The van der Waals surface area contributed by atoms with Crippen LogP contribution in [0.15, 0.2) is 10.2 Å². The Morgan fingerprint density at radius 1 is 1.33 bits per heavy atom. The van der Waals surface area contributed by atoms with Crippen LogP contribution in [-0.4, -0.2) is 13.1 Å². The van der Waals surface area contributed by atoms with Crippen LogP contribution in [0, 0.1) is 5.92 Å². The van der Waals surface area contributed by atoms with Gasteiger partial charge >= 0.3 is 0 Å². The summed E-state index contributed by atoms with van der Waals surface area (Å²) in [5, 5.41) is 7.75. The largest absolute Gasteiger partial charge is 0.197 e. The van der Waals surface area contributed by atoms with Crippen LogP contribution in [0.25, 0.3) is 0 Å². The van der Waals surface area contributed by atoms with E-state index in [-0.39, 0.29) is 0 Å². The van der Waals surface area contributed by atoms with Crippen LogP contribution < -0.4 is 0 Å². The molecule has 9 heavy (non-hydrogen) atoms. The van der Waals surface area contributed by atoms with Gasteiger partial charge in [0.1, 0.15) is 0 Å². The number of azo groups is 1. The van der Waals surface area contributed by atoms with E-state index in [9.17, 15) is 0 Å². The normalized spacial score (nSPS) is 18.2. The zero-order chi connectivity index (χ0) is 7.28. The molecular weight excluding hydrogens is 112 g/mol. The van der Waals surface area contributed by atoms with Gasteiger partial charge in [-0.15, -0.1) is 0 Å². The average molecular weight is 128 g/mol. The maximum absolute atomic E-state index is 4.02. The maximum Gasteiger partial charge on any atom is 0.0705 e. The Morgan fingerprint density at radius 3 is 2.22 bits per heavy atom. The van der Waals surface area contributed by atoms with Crippen molar-refractivity contribution >= 4 is 0 Å². The van der Waals surface area contributed by atoms with Crippen LogP contribution in [0.5, 0.6) is 0 Å². The highest BCUT2D eigenvalue weighted by molar-refractivity contribution is 4.63. The van der Waals surface area contributed by atoms with Gasteiger partial charge in [0.2, 0.25) is 0 Å². The summed E-state index contributed by atoms with van der Waals surface area (Å²) in [6, 6.07) is 0.389. The van der Waals surface area contributed by atoms with Gasteiger partial charge in [0.25, 0.3) is 0 Å². The molecule has 0 N–H and O–H groups in total. The van der Waals surface area contributed by atoms with Gasteiger partial charge in [-0.2, -0.15) is 10.2 Å². The summed E-state index contributed by atoms with van der Waals surface area (Å²) in [6.07, 6.45) is 1.18. The molecule has 0 aliphatic heterocycles. The van der Waals surface area contributed by atoms with Crippen molar-refractivity contribution in [2.24, 2.45) is 16.1 Å².